The minimum absolute atomic E-state index is 0.00923. The third-order valence-electron chi connectivity index (χ3n) is 8.60. The number of hydrogen-bond donors (Lipinski definition) is 3. The first-order valence-electron chi connectivity index (χ1n) is 12.7. The van der Waals surface area contributed by atoms with Gasteiger partial charge in [-0.15, -0.1) is 0 Å². The van der Waals surface area contributed by atoms with Gasteiger partial charge in [0.05, 0.1) is 23.1 Å². The number of benzene rings is 2. The van der Waals surface area contributed by atoms with Gasteiger partial charge in [0.15, 0.2) is 34.7 Å². The van der Waals surface area contributed by atoms with Crippen molar-refractivity contribution in [3.05, 3.63) is 65.2 Å². The molecule has 2 aromatic rings. The van der Waals surface area contributed by atoms with Gasteiger partial charge in [-0.1, -0.05) is 42.5 Å². The molecule has 2 fully saturated rings. The summed E-state index contributed by atoms with van der Waals surface area (Å²) < 4.78 is 5.95. The van der Waals surface area contributed by atoms with E-state index in [0.717, 1.165) is 5.56 Å². The summed E-state index contributed by atoms with van der Waals surface area (Å²) >= 11 is 0. The van der Waals surface area contributed by atoms with E-state index in [1.807, 2.05) is 30.3 Å². The van der Waals surface area contributed by atoms with Gasteiger partial charge in [-0.2, -0.15) is 0 Å². The molecule has 3 aliphatic rings. The van der Waals surface area contributed by atoms with Crippen LogP contribution in [0.4, 0.5) is 0 Å². The lowest BCUT2D eigenvalue weighted by Gasteiger charge is -2.55. The molecule has 2 unspecified atom stereocenters. The monoisotopic (exact) mass is 534 g/mol. The van der Waals surface area contributed by atoms with Crippen LogP contribution in [0.5, 0.6) is 5.75 Å². The molecular weight excluding hydrogens is 504 g/mol. The highest BCUT2D eigenvalue weighted by Gasteiger charge is 2.71. The SMILES string of the molecule is CN(C)[C@@H]1C(=O)C(C(N)=O)C(=O)[C@@]2(O)C(=O)C3C(=O)c4c(OCc5ccccc5)cccc4[C@@](C)(O)[C@H]3C[C@@H]12. The molecular formula is C29H30N2O8. The van der Waals surface area contributed by atoms with Crippen molar-refractivity contribution in [1.82, 2.24) is 4.90 Å². The summed E-state index contributed by atoms with van der Waals surface area (Å²) in [4.78, 5) is 68.2. The average Bonchev–Trinajstić information content (AvgIpc) is 2.88. The quantitative estimate of drug-likeness (QED) is 0.461. The minimum Gasteiger partial charge on any atom is -0.488 e. The molecule has 3 aliphatic carbocycles. The number of ketones is 4. The molecule has 204 valence electrons. The van der Waals surface area contributed by atoms with E-state index in [9.17, 15) is 34.2 Å². The molecule has 10 heteroatoms. The van der Waals surface area contributed by atoms with Crippen molar-refractivity contribution in [3.63, 3.8) is 0 Å². The molecule has 7 atom stereocenters. The zero-order chi connectivity index (χ0) is 28.4. The molecule has 2 aromatic carbocycles. The first-order chi connectivity index (χ1) is 18.3. The number of ether oxygens (including phenoxy) is 1. The van der Waals surface area contributed by atoms with Gasteiger partial charge in [-0.3, -0.25) is 28.9 Å². The Bertz CT molecular complexity index is 1400. The Hall–Kier alpha value is -3.73. The first kappa shape index (κ1) is 26.9. The molecule has 2 saturated carbocycles. The fourth-order valence-corrected chi connectivity index (χ4v) is 6.72. The molecule has 1 amide bonds. The number of nitrogens with two attached hydrogens (primary N) is 1. The Morgan fingerprint density at radius 3 is 2.28 bits per heavy atom. The molecule has 0 bridgehead atoms. The van der Waals surface area contributed by atoms with Crippen molar-refractivity contribution in [3.8, 4) is 5.75 Å². The smallest absolute Gasteiger partial charge is 0.235 e. The van der Waals surface area contributed by atoms with Crippen LogP contribution >= 0.6 is 0 Å². The number of rotatable bonds is 5. The predicted molar refractivity (Wildman–Crippen MR) is 136 cm³/mol. The summed E-state index contributed by atoms with van der Waals surface area (Å²) in [7, 11) is 3.03. The lowest BCUT2D eigenvalue weighted by Crippen LogP contribution is -2.75. The maximum atomic E-state index is 14.0. The van der Waals surface area contributed by atoms with Crippen molar-refractivity contribution in [2.75, 3.05) is 14.1 Å². The van der Waals surface area contributed by atoms with Crippen LogP contribution in [-0.2, 0) is 31.4 Å². The first-order valence-corrected chi connectivity index (χ1v) is 12.7. The van der Waals surface area contributed by atoms with E-state index in [1.165, 1.54) is 25.9 Å². The molecule has 0 saturated heterocycles. The van der Waals surface area contributed by atoms with E-state index in [0.29, 0.717) is 0 Å². The Morgan fingerprint density at radius 1 is 1.00 bits per heavy atom. The zero-order valence-electron chi connectivity index (χ0n) is 21.8. The lowest BCUT2D eigenvalue weighted by molar-refractivity contribution is -0.188. The van der Waals surface area contributed by atoms with Crippen molar-refractivity contribution in [2.45, 2.75) is 37.2 Å². The number of Topliss-reactive ketones (excluding diaryl/α,β-unsaturated/α-hetero) is 4. The summed E-state index contributed by atoms with van der Waals surface area (Å²) in [5.41, 5.74) is 1.87. The van der Waals surface area contributed by atoms with Crippen molar-refractivity contribution in [1.29, 1.82) is 0 Å². The van der Waals surface area contributed by atoms with Gasteiger partial charge in [0, 0.05) is 11.8 Å². The Morgan fingerprint density at radius 2 is 1.67 bits per heavy atom. The minimum atomic E-state index is -2.81. The van der Waals surface area contributed by atoms with Gasteiger partial charge in [-0.25, -0.2) is 0 Å². The van der Waals surface area contributed by atoms with E-state index >= 15 is 0 Å². The van der Waals surface area contributed by atoms with Gasteiger partial charge < -0.3 is 20.7 Å². The number of amides is 1. The fourth-order valence-electron chi connectivity index (χ4n) is 6.72. The summed E-state index contributed by atoms with van der Waals surface area (Å²) in [6.07, 6.45) is -0.202. The van der Waals surface area contributed by atoms with Crippen molar-refractivity contribution >= 4 is 29.0 Å². The number of likely N-dealkylation sites (N-methyl/N-ethyl adjacent to an activating group) is 1. The second-order valence-electron chi connectivity index (χ2n) is 11.0. The van der Waals surface area contributed by atoms with Crippen LogP contribution in [-0.4, -0.2) is 69.9 Å². The van der Waals surface area contributed by atoms with Crippen LogP contribution in [0, 0.1) is 23.7 Å². The van der Waals surface area contributed by atoms with Gasteiger partial charge in [0.25, 0.3) is 0 Å². The van der Waals surface area contributed by atoms with E-state index in [-0.39, 0.29) is 29.9 Å². The predicted octanol–water partition coefficient (Wildman–Crippen LogP) is 0.405. The third kappa shape index (κ3) is 3.77. The van der Waals surface area contributed by atoms with Gasteiger partial charge >= 0.3 is 0 Å². The Labute approximate surface area is 224 Å². The highest BCUT2D eigenvalue weighted by atomic mass is 16.5. The molecule has 0 heterocycles. The number of carbonyl (C=O) groups excluding carboxylic acids is 5. The highest BCUT2D eigenvalue weighted by Crippen LogP contribution is 2.55. The molecule has 4 N–H and O–H groups in total. The number of aliphatic hydroxyl groups is 2. The maximum absolute atomic E-state index is 14.0. The van der Waals surface area contributed by atoms with E-state index < -0.39 is 70.0 Å². The number of carbonyl (C=O) groups is 5. The summed E-state index contributed by atoms with van der Waals surface area (Å²) in [5, 5.41) is 23.6. The summed E-state index contributed by atoms with van der Waals surface area (Å²) in [6, 6.07) is 12.8. The van der Waals surface area contributed by atoms with E-state index in [1.54, 1.807) is 18.2 Å². The number of nitrogens with zero attached hydrogens (tertiary/aromatic N) is 1. The standard InChI is InChI=1S/C29H30N2O8/c1-28(37)15-10-7-11-18(39-13-14-8-5-4-6-9-14)19(15)23(32)20-16(28)12-17-22(31(2)3)24(33)21(27(30)36)26(35)29(17,38)25(20)34/h4-11,16-17,20-22,37-38H,12-13H2,1-3H3,(H2,30,36)/t16-,17-,20?,21?,22-,28+,29-/m0/s1. The Kier molecular flexibility index (Phi) is 6.32. The third-order valence-corrected chi connectivity index (χ3v) is 8.60. The number of primary amides is 1. The van der Waals surface area contributed by atoms with Crippen LogP contribution in [0.3, 0.4) is 0 Å². The highest BCUT2D eigenvalue weighted by molar-refractivity contribution is 6.32. The average molecular weight is 535 g/mol. The van der Waals surface area contributed by atoms with Crippen LogP contribution in [0.25, 0.3) is 0 Å². The molecule has 39 heavy (non-hydrogen) atoms. The molecule has 0 spiro atoms. The number of fused-ring (bicyclic) bond motifs is 3. The van der Waals surface area contributed by atoms with Gasteiger partial charge in [-0.05, 0) is 44.6 Å². The number of hydrogen-bond acceptors (Lipinski definition) is 9. The molecule has 5 rings (SSSR count). The second kappa shape index (κ2) is 9.18. The zero-order valence-corrected chi connectivity index (χ0v) is 21.8. The lowest BCUT2D eigenvalue weighted by atomic mass is 9.49. The van der Waals surface area contributed by atoms with Crippen LogP contribution in [0.1, 0.15) is 34.8 Å². The molecule has 10 nitrogen and oxygen atoms in total. The molecule has 0 radical (unpaired) electrons. The van der Waals surface area contributed by atoms with Crippen LogP contribution in [0.15, 0.2) is 48.5 Å². The molecule has 0 aliphatic heterocycles. The normalized spacial score (nSPS) is 33.8. The van der Waals surface area contributed by atoms with Crippen molar-refractivity contribution in [2.24, 2.45) is 29.4 Å². The van der Waals surface area contributed by atoms with Crippen LogP contribution < -0.4 is 10.5 Å². The van der Waals surface area contributed by atoms with Gasteiger partial charge in [0.2, 0.25) is 5.91 Å². The van der Waals surface area contributed by atoms with Crippen LogP contribution in [0.2, 0.25) is 0 Å². The summed E-state index contributed by atoms with van der Waals surface area (Å²) in [6.45, 7) is 1.59. The van der Waals surface area contributed by atoms with Gasteiger partial charge in [0.1, 0.15) is 12.4 Å². The second-order valence-corrected chi connectivity index (χ2v) is 11.0. The topological polar surface area (TPSA) is 164 Å². The van der Waals surface area contributed by atoms with E-state index in [4.69, 9.17) is 10.5 Å². The van der Waals surface area contributed by atoms with Crippen molar-refractivity contribution < 1.29 is 38.9 Å². The van der Waals surface area contributed by atoms with E-state index in [2.05, 4.69) is 0 Å². The summed E-state index contributed by atoms with van der Waals surface area (Å²) in [5.74, 6) is -11.1. The molecule has 0 aromatic heterocycles. The Balaban J connectivity index is 1.62. The fraction of sp³-hybridized carbons (Fsp3) is 0.414. The largest absolute Gasteiger partial charge is 0.488 e. The maximum Gasteiger partial charge on any atom is 0.235 e.